The lowest BCUT2D eigenvalue weighted by molar-refractivity contribution is -0.143. The largest absolute Gasteiger partial charge is 0.348 e. The Morgan fingerprint density at radius 2 is 1.96 bits per heavy atom. The zero-order chi connectivity index (χ0) is 16.9. The molecule has 1 aromatic heterocycles. The van der Waals surface area contributed by atoms with Crippen LogP contribution in [0.5, 0.6) is 0 Å². The topological polar surface area (TPSA) is 79.7 Å². The van der Waals surface area contributed by atoms with Crippen molar-refractivity contribution in [1.82, 2.24) is 14.4 Å². The van der Waals surface area contributed by atoms with Crippen molar-refractivity contribution in [2.75, 3.05) is 6.54 Å². The van der Waals surface area contributed by atoms with Crippen molar-refractivity contribution >= 4 is 23.5 Å². The number of likely N-dealkylation sites (tertiary alicyclic amines) is 2. The van der Waals surface area contributed by atoms with E-state index >= 15 is 0 Å². The fourth-order valence-corrected chi connectivity index (χ4v) is 3.78. The van der Waals surface area contributed by atoms with Crippen molar-refractivity contribution in [3.63, 3.8) is 0 Å². The second kappa shape index (κ2) is 5.33. The lowest BCUT2D eigenvalue weighted by Gasteiger charge is -2.25. The Morgan fingerprint density at radius 3 is 2.52 bits per heavy atom. The number of Topliss-reactive ketones (excluding diaryl/α,β-unsaturated/α-hetero) is 1. The molecule has 3 rings (SSSR count). The summed E-state index contributed by atoms with van der Waals surface area (Å²) in [5.74, 6) is -2.24. The quantitative estimate of drug-likeness (QED) is 0.576. The first-order valence-corrected chi connectivity index (χ1v) is 7.65. The van der Waals surface area contributed by atoms with Crippen LogP contribution in [0.25, 0.3) is 0 Å². The smallest absolute Gasteiger partial charge is 0.296 e. The third kappa shape index (κ3) is 2.18. The number of rotatable bonds is 2. The summed E-state index contributed by atoms with van der Waals surface area (Å²) < 4.78 is 1.60. The molecule has 7 heteroatoms. The standard InChI is InChI=1S/C16H19N3O4/c1-9-13-11(19(10(2)20)15(9)22)6-8-18(13)16(23)14(21)12-5-4-7-17(12)3/h4-5,7,9,11,13H,6,8H2,1-3H3/t9-,11-,13+/m0/s1. The molecule has 3 atom stereocenters. The molecule has 0 unspecified atom stereocenters. The Balaban J connectivity index is 1.87. The van der Waals surface area contributed by atoms with Gasteiger partial charge < -0.3 is 9.47 Å². The molecule has 0 spiro atoms. The number of carbonyl (C=O) groups is 4. The fourth-order valence-electron chi connectivity index (χ4n) is 3.78. The van der Waals surface area contributed by atoms with Gasteiger partial charge in [-0.1, -0.05) is 6.92 Å². The molecule has 0 bridgehead atoms. The van der Waals surface area contributed by atoms with Gasteiger partial charge in [0, 0.05) is 26.7 Å². The van der Waals surface area contributed by atoms with Crippen molar-refractivity contribution < 1.29 is 19.2 Å². The minimum atomic E-state index is -0.607. The Kier molecular flexibility index (Phi) is 3.58. The average Bonchev–Trinajstić information content (AvgIpc) is 3.16. The number of hydrogen-bond donors (Lipinski definition) is 0. The highest BCUT2D eigenvalue weighted by Gasteiger charge is 2.55. The maximum atomic E-state index is 12.6. The van der Waals surface area contributed by atoms with E-state index in [1.165, 1.54) is 16.7 Å². The zero-order valence-electron chi connectivity index (χ0n) is 13.4. The van der Waals surface area contributed by atoms with E-state index in [0.29, 0.717) is 18.7 Å². The first-order valence-electron chi connectivity index (χ1n) is 7.65. The molecule has 3 amide bonds. The van der Waals surface area contributed by atoms with Gasteiger partial charge in [-0.05, 0) is 18.6 Å². The molecule has 0 aliphatic carbocycles. The maximum absolute atomic E-state index is 12.6. The summed E-state index contributed by atoms with van der Waals surface area (Å²) in [4.78, 5) is 51.7. The molecule has 0 N–H and O–H groups in total. The highest BCUT2D eigenvalue weighted by atomic mass is 16.2. The van der Waals surface area contributed by atoms with Crippen LogP contribution in [0.15, 0.2) is 18.3 Å². The Labute approximate surface area is 133 Å². The highest BCUT2D eigenvalue weighted by molar-refractivity contribution is 6.42. The molecule has 2 saturated heterocycles. The molecule has 1 aromatic rings. The average molecular weight is 317 g/mol. The second-order valence-electron chi connectivity index (χ2n) is 6.19. The van der Waals surface area contributed by atoms with Gasteiger partial charge in [0.15, 0.2) is 0 Å². The Morgan fingerprint density at radius 1 is 1.26 bits per heavy atom. The van der Waals surface area contributed by atoms with Gasteiger partial charge in [0.05, 0.1) is 23.7 Å². The Hall–Kier alpha value is -2.44. The molecule has 0 radical (unpaired) electrons. The predicted molar refractivity (Wildman–Crippen MR) is 80.3 cm³/mol. The van der Waals surface area contributed by atoms with Gasteiger partial charge in [-0.3, -0.25) is 24.1 Å². The van der Waals surface area contributed by atoms with E-state index in [1.54, 1.807) is 36.9 Å². The van der Waals surface area contributed by atoms with Crippen molar-refractivity contribution in [2.24, 2.45) is 13.0 Å². The van der Waals surface area contributed by atoms with E-state index in [0.717, 1.165) is 0 Å². The molecule has 2 aliphatic rings. The van der Waals surface area contributed by atoms with Crippen LogP contribution in [0.1, 0.15) is 30.8 Å². The van der Waals surface area contributed by atoms with Gasteiger partial charge >= 0.3 is 0 Å². The summed E-state index contributed by atoms with van der Waals surface area (Å²) >= 11 is 0. The number of hydrogen-bond acceptors (Lipinski definition) is 4. The summed E-state index contributed by atoms with van der Waals surface area (Å²) in [5, 5.41) is 0. The van der Waals surface area contributed by atoms with Gasteiger partial charge in [0.25, 0.3) is 11.7 Å². The monoisotopic (exact) mass is 317 g/mol. The molecule has 122 valence electrons. The molecule has 2 fully saturated rings. The number of amides is 3. The molecular formula is C16H19N3O4. The normalized spacial score (nSPS) is 26.6. The maximum Gasteiger partial charge on any atom is 0.296 e. The van der Waals surface area contributed by atoms with Gasteiger partial charge in [-0.25, -0.2) is 0 Å². The number of ketones is 1. The van der Waals surface area contributed by atoms with E-state index in [9.17, 15) is 19.2 Å². The summed E-state index contributed by atoms with van der Waals surface area (Å²) in [6, 6.07) is 2.56. The van der Waals surface area contributed by atoms with Crippen LogP contribution in [0.4, 0.5) is 0 Å². The summed E-state index contributed by atoms with van der Waals surface area (Å²) in [6.07, 6.45) is 2.22. The van der Waals surface area contributed by atoms with Crippen molar-refractivity contribution in [2.45, 2.75) is 32.4 Å². The minimum absolute atomic E-state index is 0.267. The number of aromatic nitrogens is 1. The number of imide groups is 1. The van der Waals surface area contributed by atoms with Crippen LogP contribution < -0.4 is 0 Å². The molecule has 0 saturated carbocycles. The van der Waals surface area contributed by atoms with Crippen LogP contribution in [0.2, 0.25) is 0 Å². The predicted octanol–water partition coefficient (Wildman–Crippen LogP) is 0.202. The number of nitrogens with zero attached hydrogens (tertiary/aromatic N) is 3. The van der Waals surface area contributed by atoms with E-state index in [4.69, 9.17) is 0 Å². The SMILES string of the molecule is CC(=O)N1C(=O)[C@@H](C)[C@@H]2[C@@H]1CCN2C(=O)C(=O)c1cccn1C. The molecular weight excluding hydrogens is 298 g/mol. The first-order chi connectivity index (χ1) is 10.8. The molecule has 2 aliphatic heterocycles. The second-order valence-corrected chi connectivity index (χ2v) is 6.19. The molecule has 3 heterocycles. The van der Waals surface area contributed by atoms with Crippen LogP contribution in [-0.2, 0) is 21.4 Å². The summed E-state index contributed by atoms with van der Waals surface area (Å²) in [7, 11) is 1.70. The molecule has 7 nitrogen and oxygen atoms in total. The van der Waals surface area contributed by atoms with E-state index in [-0.39, 0.29) is 17.9 Å². The Bertz CT molecular complexity index is 708. The number of fused-ring (bicyclic) bond motifs is 1. The first kappa shape index (κ1) is 15.5. The van der Waals surface area contributed by atoms with Crippen molar-refractivity contribution in [3.05, 3.63) is 24.0 Å². The van der Waals surface area contributed by atoms with Gasteiger partial charge in [-0.2, -0.15) is 0 Å². The zero-order valence-corrected chi connectivity index (χ0v) is 13.4. The number of carbonyl (C=O) groups excluding carboxylic acids is 4. The fraction of sp³-hybridized carbons (Fsp3) is 0.500. The number of aryl methyl sites for hydroxylation is 1. The highest BCUT2D eigenvalue weighted by Crippen LogP contribution is 2.36. The van der Waals surface area contributed by atoms with Gasteiger partial charge in [0.2, 0.25) is 11.8 Å². The van der Waals surface area contributed by atoms with Crippen LogP contribution in [-0.4, -0.2) is 56.5 Å². The van der Waals surface area contributed by atoms with E-state index < -0.39 is 23.7 Å². The third-order valence-electron chi connectivity index (χ3n) is 4.86. The molecule has 0 aromatic carbocycles. The van der Waals surface area contributed by atoms with Crippen molar-refractivity contribution in [3.8, 4) is 0 Å². The van der Waals surface area contributed by atoms with Gasteiger partial charge in [0.1, 0.15) is 0 Å². The van der Waals surface area contributed by atoms with Crippen LogP contribution >= 0.6 is 0 Å². The van der Waals surface area contributed by atoms with Crippen LogP contribution in [0.3, 0.4) is 0 Å². The lowest BCUT2D eigenvalue weighted by Crippen LogP contribution is -2.45. The third-order valence-corrected chi connectivity index (χ3v) is 4.86. The summed E-state index contributed by atoms with van der Waals surface area (Å²) in [6.45, 7) is 3.44. The minimum Gasteiger partial charge on any atom is -0.348 e. The van der Waals surface area contributed by atoms with Crippen molar-refractivity contribution in [1.29, 1.82) is 0 Å². The van der Waals surface area contributed by atoms with Gasteiger partial charge in [-0.15, -0.1) is 0 Å². The lowest BCUT2D eigenvalue weighted by atomic mass is 10.0. The van der Waals surface area contributed by atoms with E-state index in [2.05, 4.69) is 0 Å². The molecule has 23 heavy (non-hydrogen) atoms. The van der Waals surface area contributed by atoms with Crippen LogP contribution in [0, 0.1) is 5.92 Å². The van der Waals surface area contributed by atoms with E-state index in [1.807, 2.05) is 0 Å². The summed E-state index contributed by atoms with van der Waals surface area (Å²) in [5.41, 5.74) is 0.318.